The van der Waals surface area contributed by atoms with E-state index >= 15 is 0 Å². The molecule has 15 heavy (non-hydrogen) atoms. The molecule has 0 spiro atoms. The Hall–Kier alpha value is -0.870. The molecule has 1 unspecified atom stereocenters. The van der Waals surface area contributed by atoms with E-state index < -0.39 is 0 Å². The number of aliphatic hydroxyl groups excluding tert-OH is 1. The van der Waals surface area contributed by atoms with Crippen LogP contribution in [0.3, 0.4) is 0 Å². The molecule has 1 atom stereocenters. The highest BCUT2D eigenvalue weighted by Gasteiger charge is 2.23. The van der Waals surface area contributed by atoms with E-state index in [1.54, 1.807) is 6.33 Å². The van der Waals surface area contributed by atoms with Crippen molar-refractivity contribution in [3.63, 3.8) is 0 Å². The van der Waals surface area contributed by atoms with Gasteiger partial charge in [-0.15, -0.1) is 0 Å². The minimum absolute atomic E-state index is 0.314. The zero-order valence-corrected chi connectivity index (χ0v) is 9.02. The van der Waals surface area contributed by atoms with Crippen molar-refractivity contribution in [2.24, 2.45) is 0 Å². The van der Waals surface area contributed by atoms with E-state index in [1.807, 2.05) is 6.20 Å². The largest absolute Gasteiger partial charge is 0.396 e. The van der Waals surface area contributed by atoms with Gasteiger partial charge in [0.05, 0.1) is 6.33 Å². The van der Waals surface area contributed by atoms with Gasteiger partial charge in [-0.25, -0.2) is 4.98 Å². The van der Waals surface area contributed by atoms with Crippen molar-refractivity contribution in [3.05, 3.63) is 18.2 Å². The topological polar surface area (TPSA) is 52.1 Å². The molecular formula is C11H19N3O. The predicted octanol–water partition coefficient (Wildman–Crippen LogP) is 1.15. The fourth-order valence-electron chi connectivity index (χ4n) is 2.35. The number of rotatable bonds is 5. The maximum atomic E-state index is 8.83. The van der Waals surface area contributed by atoms with Gasteiger partial charge in [0.25, 0.3) is 0 Å². The van der Waals surface area contributed by atoms with Crippen LogP contribution >= 0.6 is 0 Å². The SMILES string of the molecule is OCCCC1CCCN1Cc1cnc[nH]1. The average Bonchev–Trinajstić information content (AvgIpc) is 2.87. The number of imidazole rings is 1. The number of hydrogen-bond donors (Lipinski definition) is 2. The highest BCUT2D eigenvalue weighted by atomic mass is 16.2. The summed E-state index contributed by atoms with van der Waals surface area (Å²) in [4.78, 5) is 9.66. The van der Waals surface area contributed by atoms with Gasteiger partial charge in [0, 0.05) is 31.1 Å². The van der Waals surface area contributed by atoms with Crippen LogP contribution in [0.4, 0.5) is 0 Å². The lowest BCUT2D eigenvalue weighted by Crippen LogP contribution is -2.29. The first-order valence-electron chi connectivity index (χ1n) is 5.72. The average molecular weight is 209 g/mol. The molecule has 0 saturated carbocycles. The first kappa shape index (κ1) is 10.6. The molecule has 1 saturated heterocycles. The number of aromatic nitrogens is 2. The summed E-state index contributed by atoms with van der Waals surface area (Å²) in [6, 6.07) is 0.653. The smallest absolute Gasteiger partial charge is 0.0922 e. The molecule has 4 heteroatoms. The molecule has 2 N–H and O–H groups in total. The van der Waals surface area contributed by atoms with Crippen LogP contribution in [0.2, 0.25) is 0 Å². The summed E-state index contributed by atoms with van der Waals surface area (Å²) in [5.74, 6) is 0. The summed E-state index contributed by atoms with van der Waals surface area (Å²) < 4.78 is 0. The van der Waals surface area contributed by atoms with Gasteiger partial charge in [-0.1, -0.05) is 0 Å². The molecule has 84 valence electrons. The lowest BCUT2D eigenvalue weighted by molar-refractivity contribution is 0.208. The molecule has 0 aliphatic carbocycles. The van der Waals surface area contributed by atoms with Crippen molar-refractivity contribution in [2.45, 2.75) is 38.3 Å². The zero-order valence-electron chi connectivity index (χ0n) is 9.02. The standard InChI is InChI=1S/C11H19N3O/c15-6-2-4-11-3-1-5-14(11)8-10-7-12-9-13-10/h7,9,11,15H,1-6,8H2,(H,12,13). The van der Waals surface area contributed by atoms with Crippen molar-refractivity contribution < 1.29 is 5.11 Å². The fourth-order valence-corrected chi connectivity index (χ4v) is 2.35. The van der Waals surface area contributed by atoms with Crippen molar-refractivity contribution in [3.8, 4) is 0 Å². The third-order valence-electron chi connectivity index (χ3n) is 3.12. The molecule has 0 aromatic carbocycles. The number of H-pyrrole nitrogens is 1. The van der Waals surface area contributed by atoms with Gasteiger partial charge >= 0.3 is 0 Å². The summed E-state index contributed by atoms with van der Waals surface area (Å²) in [6.45, 7) is 2.46. The van der Waals surface area contributed by atoms with E-state index in [2.05, 4.69) is 14.9 Å². The molecular weight excluding hydrogens is 190 g/mol. The Balaban J connectivity index is 1.85. The number of aliphatic hydroxyl groups is 1. The molecule has 1 aliphatic rings. The van der Waals surface area contributed by atoms with Crippen LogP contribution in [-0.2, 0) is 6.54 Å². The van der Waals surface area contributed by atoms with Gasteiger partial charge in [0.2, 0.25) is 0 Å². The third kappa shape index (κ3) is 2.79. The number of nitrogens with zero attached hydrogens (tertiary/aromatic N) is 2. The van der Waals surface area contributed by atoms with E-state index in [0.717, 1.165) is 19.4 Å². The van der Waals surface area contributed by atoms with Crippen LogP contribution in [0.5, 0.6) is 0 Å². The Labute approximate surface area is 90.3 Å². The van der Waals surface area contributed by atoms with E-state index in [0.29, 0.717) is 12.6 Å². The summed E-state index contributed by atoms with van der Waals surface area (Å²) in [6.07, 6.45) is 8.21. The molecule has 1 aromatic rings. The van der Waals surface area contributed by atoms with Crippen LogP contribution < -0.4 is 0 Å². The molecule has 2 heterocycles. The summed E-state index contributed by atoms with van der Waals surface area (Å²) >= 11 is 0. The molecule has 4 nitrogen and oxygen atoms in total. The van der Waals surface area contributed by atoms with Crippen molar-refractivity contribution in [1.29, 1.82) is 0 Å². The normalized spacial score (nSPS) is 22.3. The van der Waals surface area contributed by atoms with Crippen molar-refractivity contribution >= 4 is 0 Å². The quantitative estimate of drug-likeness (QED) is 0.764. The van der Waals surface area contributed by atoms with Gasteiger partial charge in [-0.2, -0.15) is 0 Å². The van der Waals surface area contributed by atoms with Gasteiger partial charge in [-0.05, 0) is 32.2 Å². The summed E-state index contributed by atoms with van der Waals surface area (Å²) in [7, 11) is 0. The Kier molecular flexibility index (Phi) is 3.75. The van der Waals surface area contributed by atoms with E-state index in [1.165, 1.54) is 25.1 Å². The molecule has 0 bridgehead atoms. The Morgan fingerprint density at radius 1 is 1.60 bits per heavy atom. The van der Waals surface area contributed by atoms with Crippen molar-refractivity contribution in [2.75, 3.05) is 13.2 Å². The van der Waals surface area contributed by atoms with E-state index in [-0.39, 0.29) is 0 Å². The second-order valence-electron chi connectivity index (χ2n) is 4.21. The number of hydrogen-bond acceptors (Lipinski definition) is 3. The molecule has 1 fully saturated rings. The zero-order chi connectivity index (χ0) is 10.5. The van der Waals surface area contributed by atoms with E-state index in [4.69, 9.17) is 5.11 Å². The van der Waals surface area contributed by atoms with E-state index in [9.17, 15) is 0 Å². The van der Waals surface area contributed by atoms with Gasteiger partial charge in [0.15, 0.2) is 0 Å². The maximum Gasteiger partial charge on any atom is 0.0922 e. The summed E-state index contributed by atoms with van der Waals surface area (Å²) in [5, 5.41) is 8.83. The number of nitrogens with one attached hydrogen (secondary N) is 1. The Morgan fingerprint density at radius 3 is 3.27 bits per heavy atom. The first-order chi connectivity index (χ1) is 7.40. The Bertz CT molecular complexity index is 273. The Morgan fingerprint density at radius 2 is 2.53 bits per heavy atom. The van der Waals surface area contributed by atoms with Crippen LogP contribution in [0.15, 0.2) is 12.5 Å². The third-order valence-corrected chi connectivity index (χ3v) is 3.12. The highest BCUT2D eigenvalue weighted by molar-refractivity contribution is 4.95. The molecule has 0 radical (unpaired) electrons. The van der Waals surface area contributed by atoms with Gasteiger partial charge in [-0.3, -0.25) is 4.90 Å². The van der Waals surface area contributed by atoms with Crippen LogP contribution in [-0.4, -0.2) is 39.2 Å². The van der Waals surface area contributed by atoms with Gasteiger partial charge in [0.1, 0.15) is 0 Å². The van der Waals surface area contributed by atoms with Crippen LogP contribution in [0.1, 0.15) is 31.4 Å². The van der Waals surface area contributed by atoms with Crippen LogP contribution in [0, 0.1) is 0 Å². The minimum atomic E-state index is 0.314. The second kappa shape index (κ2) is 5.28. The fraction of sp³-hybridized carbons (Fsp3) is 0.727. The van der Waals surface area contributed by atoms with Crippen molar-refractivity contribution in [1.82, 2.24) is 14.9 Å². The number of likely N-dealkylation sites (tertiary alicyclic amines) is 1. The molecule has 1 aromatic heterocycles. The lowest BCUT2D eigenvalue weighted by Gasteiger charge is -2.23. The number of aromatic amines is 1. The van der Waals surface area contributed by atoms with Gasteiger partial charge < -0.3 is 10.1 Å². The molecule has 1 aliphatic heterocycles. The maximum absolute atomic E-state index is 8.83. The monoisotopic (exact) mass is 209 g/mol. The molecule has 2 rings (SSSR count). The second-order valence-corrected chi connectivity index (χ2v) is 4.21. The van der Waals surface area contributed by atoms with Crippen LogP contribution in [0.25, 0.3) is 0 Å². The minimum Gasteiger partial charge on any atom is -0.396 e. The first-order valence-corrected chi connectivity index (χ1v) is 5.72. The summed E-state index contributed by atoms with van der Waals surface area (Å²) in [5.41, 5.74) is 1.19. The highest BCUT2D eigenvalue weighted by Crippen LogP contribution is 2.22. The predicted molar refractivity (Wildman–Crippen MR) is 58.3 cm³/mol. The molecule has 0 amide bonds. The lowest BCUT2D eigenvalue weighted by atomic mass is 10.1.